The molecule has 2 aromatic carbocycles. The number of amides is 1. The summed E-state index contributed by atoms with van der Waals surface area (Å²) in [5.41, 5.74) is 4.23. The number of nitrogens with one attached hydrogen (secondary N) is 2. The molecule has 0 aliphatic carbocycles. The van der Waals surface area contributed by atoms with Crippen molar-refractivity contribution >= 4 is 42.1 Å². The van der Waals surface area contributed by atoms with Gasteiger partial charge >= 0.3 is 0 Å². The van der Waals surface area contributed by atoms with E-state index in [4.69, 9.17) is 11.6 Å². The number of hydrogen-bond acceptors (Lipinski definition) is 5. The van der Waals surface area contributed by atoms with Crippen LogP contribution in [-0.4, -0.2) is 38.4 Å². The van der Waals surface area contributed by atoms with Gasteiger partial charge in [0, 0.05) is 30.6 Å². The van der Waals surface area contributed by atoms with Gasteiger partial charge in [-0.25, -0.2) is 14.4 Å². The highest BCUT2D eigenvalue weighted by Gasteiger charge is 2.30. The first-order chi connectivity index (χ1) is 16.3. The molecule has 1 unspecified atom stereocenters. The average molecular weight is 481 g/mol. The molecule has 7 nitrogen and oxygen atoms in total. The van der Waals surface area contributed by atoms with Crippen LogP contribution in [-0.2, 0) is 4.79 Å². The Morgan fingerprint density at radius 1 is 1.38 bits per heavy atom. The molecule has 0 bridgehead atoms. The van der Waals surface area contributed by atoms with Crippen LogP contribution in [0.15, 0.2) is 56.8 Å². The molecule has 0 saturated carbocycles. The van der Waals surface area contributed by atoms with Crippen molar-refractivity contribution in [2.24, 2.45) is 15.0 Å². The summed E-state index contributed by atoms with van der Waals surface area (Å²) >= 11 is 6.68. The number of amidine groups is 1. The van der Waals surface area contributed by atoms with Crippen LogP contribution in [0.5, 0.6) is 0 Å². The first-order valence-electron chi connectivity index (χ1n) is 11.0. The molecule has 0 aromatic heterocycles. The van der Waals surface area contributed by atoms with Crippen molar-refractivity contribution in [3.05, 3.63) is 63.8 Å². The molecule has 2 N–H and O–H groups in total. The third-order valence-corrected chi connectivity index (χ3v) is 6.42. The topological polar surface area (TPSA) is 81.5 Å². The minimum absolute atomic E-state index is 0.0281. The number of carbonyl (C=O) groups excluding carboxylic acids is 1. The number of hydrogen-bond donors (Lipinski definition) is 2. The molecule has 2 heterocycles. The number of anilines is 1. The summed E-state index contributed by atoms with van der Waals surface area (Å²) in [5.74, 6) is 0.675. The maximum absolute atomic E-state index is 14.3. The summed E-state index contributed by atoms with van der Waals surface area (Å²) in [6.45, 7) is 8.10. The Morgan fingerprint density at radius 3 is 2.82 bits per heavy atom. The Labute approximate surface area is 203 Å². The fraction of sp³-hybridized carbons (Fsp3) is 0.280. The van der Waals surface area contributed by atoms with Crippen LogP contribution in [0.2, 0.25) is 5.02 Å². The van der Waals surface area contributed by atoms with Crippen molar-refractivity contribution in [2.75, 3.05) is 18.5 Å². The van der Waals surface area contributed by atoms with Crippen LogP contribution >= 0.6 is 11.6 Å². The number of carbonyl (C=O) groups is 1. The van der Waals surface area contributed by atoms with E-state index in [-0.39, 0.29) is 17.8 Å². The highest BCUT2D eigenvalue weighted by Crippen LogP contribution is 2.44. The SMILES string of the molecule is C=N/C(NC(C)c1cc(Cl)c(C)c(N2CCCC2=O)c1-c1cccc(F)c1)=C1/N=CN/C1=N/C. The van der Waals surface area contributed by atoms with Crippen LogP contribution in [0, 0.1) is 12.7 Å². The summed E-state index contributed by atoms with van der Waals surface area (Å²) < 4.78 is 14.3. The average Bonchev–Trinajstić information content (AvgIpc) is 3.47. The van der Waals surface area contributed by atoms with Gasteiger partial charge < -0.3 is 15.5 Å². The van der Waals surface area contributed by atoms with E-state index in [1.54, 1.807) is 18.0 Å². The zero-order valence-electron chi connectivity index (χ0n) is 19.3. The summed E-state index contributed by atoms with van der Waals surface area (Å²) in [6, 6.07) is 7.89. The quantitative estimate of drug-likeness (QED) is 0.585. The summed E-state index contributed by atoms with van der Waals surface area (Å²) in [6.07, 6.45) is 2.77. The van der Waals surface area contributed by atoms with Crippen LogP contribution in [0.1, 0.15) is 36.9 Å². The lowest BCUT2D eigenvalue weighted by Gasteiger charge is -2.28. The maximum atomic E-state index is 14.3. The second kappa shape index (κ2) is 9.77. The molecular formula is C25H26ClFN6O. The van der Waals surface area contributed by atoms with E-state index in [1.165, 1.54) is 18.5 Å². The molecular weight excluding hydrogens is 455 g/mol. The zero-order chi connectivity index (χ0) is 24.4. The van der Waals surface area contributed by atoms with Gasteiger partial charge in [-0.15, -0.1) is 0 Å². The summed E-state index contributed by atoms with van der Waals surface area (Å²) in [5, 5.41) is 6.83. The molecule has 9 heteroatoms. The van der Waals surface area contributed by atoms with E-state index in [1.807, 2.05) is 26.0 Å². The first kappa shape index (κ1) is 23.6. The number of rotatable bonds is 6. The second-order valence-corrected chi connectivity index (χ2v) is 8.56. The van der Waals surface area contributed by atoms with E-state index in [2.05, 4.69) is 32.3 Å². The van der Waals surface area contributed by atoms with Crippen molar-refractivity contribution in [1.82, 2.24) is 10.6 Å². The van der Waals surface area contributed by atoms with Gasteiger partial charge in [-0.3, -0.25) is 9.79 Å². The van der Waals surface area contributed by atoms with Crippen LogP contribution in [0.3, 0.4) is 0 Å². The van der Waals surface area contributed by atoms with Crippen molar-refractivity contribution in [3.63, 3.8) is 0 Å². The number of halogens is 2. The molecule has 0 radical (unpaired) electrons. The Morgan fingerprint density at radius 2 is 2.18 bits per heavy atom. The molecule has 34 heavy (non-hydrogen) atoms. The van der Waals surface area contributed by atoms with Crippen molar-refractivity contribution in [2.45, 2.75) is 32.7 Å². The third-order valence-electron chi connectivity index (χ3n) is 6.02. The zero-order valence-corrected chi connectivity index (χ0v) is 20.1. The number of benzene rings is 2. The fourth-order valence-corrected chi connectivity index (χ4v) is 4.58. The molecule has 1 amide bonds. The lowest BCUT2D eigenvalue weighted by atomic mass is 9.90. The Bertz CT molecular complexity index is 1250. The third kappa shape index (κ3) is 4.33. The van der Waals surface area contributed by atoms with Gasteiger partial charge in [-0.2, -0.15) is 0 Å². The molecule has 2 aliphatic rings. The predicted octanol–water partition coefficient (Wildman–Crippen LogP) is 4.76. The normalized spacial score (nSPS) is 18.9. The van der Waals surface area contributed by atoms with Crippen molar-refractivity contribution < 1.29 is 9.18 Å². The van der Waals surface area contributed by atoms with Crippen molar-refractivity contribution in [3.8, 4) is 11.1 Å². The second-order valence-electron chi connectivity index (χ2n) is 8.15. The van der Waals surface area contributed by atoms with Gasteiger partial charge in [0.15, 0.2) is 11.7 Å². The van der Waals surface area contributed by atoms with E-state index < -0.39 is 0 Å². The molecule has 4 rings (SSSR count). The van der Waals surface area contributed by atoms with Crippen LogP contribution in [0.4, 0.5) is 10.1 Å². The first-order valence-corrected chi connectivity index (χ1v) is 11.4. The minimum atomic E-state index is -0.360. The van der Waals surface area contributed by atoms with Gasteiger partial charge in [0.1, 0.15) is 11.5 Å². The molecule has 1 saturated heterocycles. The smallest absolute Gasteiger partial charge is 0.227 e. The van der Waals surface area contributed by atoms with Gasteiger partial charge in [0.05, 0.1) is 18.1 Å². The van der Waals surface area contributed by atoms with Crippen LogP contribution < -0.4 is 15.5 Å². The number of aliphatic imine (C=N–C) groups is 3. The number of nitrogens with zero attached hydrogens (tertiary/aromatic N) is 4. The molecule has 1 atom stereocenters. The lowest BCUT2D eigenvalue weighted by molar-refractivity contribution is -0.117. The van der Waals surface area contributed by atoms with Gasteiger partial charge in [-0.1, -0.05) is 23.7 Å². The van der Waals surface area contributed by atoms with E-state index >= 15 is 0 Å². The van der Waals surface area contributed by atoms with Gasteiger partial charge in [-0.05, 0) is 61.9 Å². The Hall–Kier alpha value is -3.52. The molecule has 0 spiro atoms. The van der Waals surface area contributed by atoms with Gasteiger partial charge in [0.25, 0.3) is 0 Å². The molecule has 2 aromatic rings. The largest absolute Gasteiger partial charge is 0.362 e. The minimum Gasteiger partial charge on any atom is -0.362 e. The maximum Gasteiger partial charge on any atom is 0.227 e. The Balaban J connectivity index is 1.91. The van der Waals surface area contributed by atoms with Gasteiger partial charge in [0.2, 0.25) is 5.91 Å². The van der Waals surface area contributed by atoms with Crippen LogP contribution in [0.25, 0.3) is 11.1 Å². The molecule has 176 valence electrons. The van der Waals surface area contributed by atoms with E-state index in [9.17, 15) is 9.18 Å². The fourth-order valence-electron chi connectivity index (χ4n) is 4.37. The Kier molecular flexibility index (Phi) is 6.79. The standard InChI is InChI=1S/C25H26ClFN6O/c1-14-19(26)12-18(15(2)32-25(29-4)22-24(28-3)31-13-30-22)21(16-7-5-8-17(27)11-16)23(14)33-10-6-9-20(33)34/h5,7-8,11-13,15,32H,4,6,9-10H2,1-3H3,(H,28,30,31)/b25-22-. The monoisotopic (exact) mass is 480 g/mol. The van der Waals surface area contributed by atoms with E-state index in [0.29, 0.717) is 46.6 Å². The highest BCUT2D eigenvalue weighted by atomic mass is 35.5. The highest BCUT2D eigenvalue weighted by molar-refractivity contribution is 6.32. The molecule has 1 fully saturated rings. The lowest BCUT2D eigenvalue weighted by Crippen LogP contribution is -2.27. The molecule has 2 aliphatic heterocycles. The predicted molar refractivity (Wildman–Crippen MR) is 136 cm³/mol. The van der Waals surface area contributed by atoms with Crippen molar-refractivity contribution in [1.29, 1.82) is 0 Å². The summed E-state index contributed by atoms with van der Waals surface area (Å²) in [7, 11) is 1.66. The van der Waals surface area contributed by atoms with E-state index in [0.717, 1.165) is 23.1 Å². The summed E-state index contributed by atoms with van der Waals surface area (Å²) in [4.78, 5) is 27.1.